The van der Waals surface area contributed by atoms with Crippen molar-refractivity contribution >= 4 is 23.1 Å². The van der Waals surface area contributed by atoms with Gasteiger partial charge in [-0.25, -0.2) is 19.2 Å². The maximum atomic E-state index is 15.0. The summed E-state index contributed by atoms with van der Waals surface area (Å²) in [5.74, 6) is -1.09. The third kappa shape index (κ3) is 3.88. The Morgan fingerprint density at radius 2 is 2.00 bits per heavy atom. The van der Waals surface area contributed by atoms with Gasteiger partial charge in [0.25, 0.3) is 0 Å². The molecule has 0 spiro atoms. The van der Waals surface area contributed by atoms with Gasteiger partial charge in [-0.3, -0.25) is 0 Å². The number of carbonyl (C=O) groups excluding carboxylic acids is 1. The molecule has 0 unspecified atom stereocenters. The average molecular weight is 398 g/mol. The minimum atomic E-state index is -0.795. The summed E-state index contributed by atoms with van der Waals surface area (Å²) in [5.41, 5.74) is 1.56. The molecule has 7 nitrogen and oxygen atoms in total. The second-order valence-electron chi connectivity index (χ2n) is 5.88. The van der Waals surface area contributed by atoms with Crippen molar-refractivity contribution in [1.29, 1.82) is 0 Å². The molecule has 0 aliphatic carbocycles. The van der Waals surface area contributed by atoms with Crippen LogP contribution in [0.4, 0.5) is 4.39 Å². The quantitative estimate of drug-likeness (QED) is 0.442. The van der Waals surface area contributed by atoms with Crippen molar-refractivity contribution in [3.8, 4) is 22.9 Å². The van der Waals surface area contributed by atoms with Crippen LogP contribution in [0.1, 0.15) is 15.9 Å². The van der Waals surface area contributed by atoms with Crippen LogP contribution in [0.5, 0.6) is 11.6 Å². The van der Waals surface area contributed by atoms with Gasteiger partial charge in [-0.2, -0.15) is 0 Å². The first-order valence-electron chi connectivity index (χ1n) is 8.55. The van der Waals surface area contributed by atoms with Gasteiger partial charge >= 0.3 is 5.97 Å². The number of hydrogen-bond donors (Lipinski definition) is 0. The predicted molar refractivity (Wildman–Crippen MR) is 105 cm³/mol. The SMILES string of the molecule is C=Cc1cc(OCOC)c2nc(-c3cccc(C(=O)OC)c3F)c(OC)nc2c1. The minimum Gasteiger partial charge on any atom is -0.479 e. The smallest absolute Gasteiger partial charge is 0.340 e. The number of fused-ring (bicyclic) bond motifs is 1. The number of halogens is 1. The molecule has 0 atom stereocenters. The summed E-state index contributed by atoms with van der Waals surface area (Å²) in [5, 5.41) is 0. The fraction of sp³-hybridized carbons (Fsp3) is 0.190. The Kier molecular flexibility index (Phi) is 6.04. The first-order chi connectivity index (χ1) is 14.0. The molecule has 0 radical (unpaired) electrons. The van der Waals surface area contributed by atoms with E-state index in [4.69, 9.17) is 14.2 Å². The van der Waals surface area contributed by atoms with Gasteiger partial charge in [-0.15, -0.1) is 0 Å². The van der Waals surface area contributed by atoms with E-state index in [-0.39, 0.29) is 29.5 Å². The van der Waals surface area contributed by atoms with Gasteiger partial charge in [0, 0.05) is 12.7 Å². The highest BCUT2D eigenvalue weighted by molar-refractivity contribution is 5.92. The normalized spacial score (nSPS) is 10.6. The zero-order valence-corrected chi connectivity index (χ0v) is 16.2. The summed E-state index contributed by atoms with van der Waals surface area (Å²) in [6.07, 6.45) is 1.64. The van der Waals surface area contributed by atoms with Gasteiger partial charge < -0.3 is 18.9 Å². The van der Waals surface area contributed by atoms with E-state index in [1.54, 1.807) is 18.2 Å². The molecule has 2 aromatic carbocycles. The third-order valence-electron chi connectivity index (χ3n) is 4.15. The molecule has 0 bridgehead atoms. The second-order valence-corrected chi connectivity index (χ2v) is 5.88. The molecular formula is C21H19FN2O5. The molecule has 29 heavy (non-hydrogen) atoms. The highest BCUT2D eigenvalue weighted by atomic mass is 19.1. The van der Waals surface area contributed by atoms with Crippen LogP contribution in [0.25, 0.3) is 28.4 Å². The number of carbonyl (C=O) groups is 1. The number of nitrogens with zero attached hydrogens (tertiary/aromatic N) is 2. The standard InChI is InChI=1S/C21H19FN2O5/c1-5-12-9-15-19(16(10-12)29-11-26-2)24-18(20(23-15)27-3)13-7-6-8-14(17(13)22)21(25)28-4/h5-10H,1,11H2,2-4H3. The Morgan fingerprint density at radius 3 is 2.66 bits per heavy atom. The van der Waals surface area contributed by atoms with Crippen LogP contribution < -0.4 is 9.47 Å². The molecule has 0 aliphatic heterocycles. The zero-order valence-electron chi connectivity index (χ0n) is 16.2. The molecular weight excluding hydrogens is 379 g/mol. The third-order valence-corrected chi connectivity index (χ3v) is 4.15. The van der Waals surface area contributed by atoms with Crippen molar-refractivity contribution in [3.63, 3.8) is 0 Å². The van der Waals surface area contributed by atoms with Crippen LogP contribution in [0.2, 0.25) is 0 Å². The zero-order chi connectivity index (χ0) is 21.0. The topological polar surface area (TPSA) is 79.8 Å². The molecule has 0 fully saturated rings. The number of esters is 1. The first kappa shape index (κ1) is 20.2. The first-order valence-corrected chi connectivity index (χ1v) is 8.55. The Bertz CT molecular complexity index is 1080. The monoisotopic (exact) mass is 398 g/mol. The minimum absolute atomic E-state index is 0.00900. The van der Waals surface area contributed by atoms with Crippen LogP contribution in [0, 0.1) is 5.82 Å². The lowest BCUT2D eigenvalue weighted by Gasteiger charge is -2.14. The summed E-state index contributed by atoms with van der Waals surface area (Å²) in [6.45, 7) is 3.74. The van der Waals surface area contributed by atoms with Crippen molar-refractivity contribution in [2.45, 2.75) is 0 Å². The lowest BCUT2D eigenvalue weighted by atomic mass is 10.1. The second kappa shape index (κ2) is 8.66. The van der Waals surface area contributed by atoms with E-state index in [1.165, 1.54) is 39.5 Å². The van der Waals surface area contributed by atoms with Gasteiger partial charge in [0.15, 0.2) is 12.5 Å². The summed E-state index contributed by atoms with van der Waals surface area (Å²) in [4.78, 5) is 20.8. The largest absolute Gasteiger partial charge is 0.479 e. The summed E-state index contributed by atoms with van der Waals surface area (Å²) in [7, 11) is 4.08. The van der Waals surface area contributed by atoms with E-state index in [9.17, 15) is 4.79 Å². The molecule has 0 aliphatic rings. The number of methoxy groups -OCH3 is 3. The molecule has 3 rings (SSSR count). The Hall–Kier alpha value is -3.52. The van der Waals surface area contributed by atoms with E-state index in [1.807, 2.05) is 0 Å². The van der Waals surface area contributed by atoms with Gasteiger partial charge in [-0.05, 0) is 29.8 Å². The van der Waals surface area contributed by atoms with E-state index < -0.39 is 11.8 Å². The number of ether oxygens (including phenoxy) is 4. The highest BCUT2D eigenvalue weighted by Gasteiger charge is 2.22. The predicted octanol–water partition coefficient (Wildman–Crippen LogP) is 3.86. The lowest BCUT2D eigenvalue weighted by Crippen LogP contribution is -2.07. The number of aromatic nitrogens is 2. The van der Waals surface area contributed by atoms with Gasteiger partial charge in [0.2, 0.25) is 5.88 Å². The van der Waals surface area contributed by atoms with Crippen LogP contribution in [-0.4, -0.2) is 44.1 Å². The van der Waals surface area contributed by atoms with Crippen LogP contribution >= 0.6 is 0 Å². The number of benzene rings is 2. The molecule has 150 valence electrons. The van der Waals surface area contributed by atoms with E-state index >= 15 is 4.39 Å². The molecule has 1 heterocycles. The fourth-order valence-corrected chi connectivity index (χ4v) is 2.78. The van der Waals surface area contributed by atoms with Crippen LogP contribution in [0.15, 0.2) is 36.9 Å². The van der Waals surface area contributed by atoms with Crippen molar-refractivity contribution in [3.05, 3.63) is 53.9 Å². The Morgan fingerprint density at radius 1 is 1.21 bits per heavy atom. The van der Waals surface area contributed by atoms with Crippen LogP contribution in [0.3, 0.4) is 0 Å². The summed E-state index contributed by atoms with van der Waals surface area (Å²) in [6, 6.07) is 7.81. The van der Waals surface area contributed by atoms with Gasteiger partial charge in [-0.1, -0.05) is 18.7 Å². The molecule has 0 saturated heterocycles. The molecule has 0 amide bonds. The summed E-state index contributed by atoms with van der Waals surface area (Å²) < 4.78 is 35.6. The molecule has 1 aromatic heterocycles. The Balaban J connectivity index is 2.28. The molecule has 3 aromatic rings. The van der Waals surface area contributed by atoms with Gasteiger partial charge in [0.05, 0.1) is 25.3 Å². The number of rotatable bonds is 7. The lowest BCUT2D eigenvalue weighted by molar-refractivity contribution is 0.0520. The van der Waals surface area contributed by atoms with Crippen molar-refractivity contribution in [1.82, 2.24) is 9.97 Å². The maximum absolute atomic E-state index is 15.0. The Labute approximate surface area is 166 Å². The molecule has 0 saturated carbocycles. The molecule has 8 heteroatoms. The highest BCUT2D eigenvalue weighted by Crippen LogP contribution is 2.35. The van der Waals surface area contributed by atoms with Crippen molar-refractivity contribution in [2.24, 2.45) is 0 Å². The van der Waals surface area contributed by atoms with E-state index in [0.717, 1.165) is 5.56 Å². The van der Waals surface area contributed by atoms with E-state index in [0.29, 0.717) is 16.8 Å². The average Bonchev–Trinajstić information content (AvgIpc) is 2.75. The molecule has 0 N–H and O–H groups in total. The van der Waals surface area contributed by atoms with Crippen molar-refractivity contribution < 1.29 is 28.1 Å². The maximum Gasteiger partial charge on any atom is 0.340 e. The number of hydrogen-bond acceptors (Lipinski definition) is 7. The van der Waals surface area contributed by atoms with E-state index in [2.05, 4.69) is 21.3 Å². The van der Waals surface area contributed by atoms with Crippen LogP contribution in [-0.2, 0) is 9.47 Å². The fourth-order valence-electron chi connectivity index (χ4n) is 2.78. The van der Waals surface area contributed by atoms with Gasteiger partial charge in [0.1, 0.15) is 17.0 Å². The summed E-state index contributed by atoms with van der Waals surface area (Å²) >= 11 is 0. The van der Waals surface area contributed by atoms with Crippen molar-refractivity contribution in [2.75, 3.05) is 28.1 Å².